The van der Waals surface area contributed by atoms with Crippen molar-refractivity contribution in [1.82, 2.24) is 15.2 Å². The number of H-pyrrole nitrogens is 1. The first kappa shape index (κ1) is 13.2. The van der Waals surface area contributed by atoms with Gasteiger partial charge in [0.05, 0.1) is 28.2 Å². The zero-order valence-electron chi connectivity index (χ0n) is 12.2. The zero-order chi connectivity index (χ0) is 15.6. The molecular weight excluding hydrogens is 284 g/mol. The number of nitrogens with zero attached hydrogens (tertiary/aromatic N) is 3. The Kier molecular flexibility index (Phi) is 3.10. The van der Waals surface area contributed by atoms with E-state index in [4.69, 9.17) is 5.26 Å². The molecule has 4 heteroatoms. The van der Waals surface area contributed by atoms with Gasteiger partial charge in [-0.3, -0.25) is 10.1 Å². The average Bonchev–Trinajstić information content (AvgIpc) is 3.07. The molecule has 0 saturated heterocycles. The molecule has 4 rings (SSSR count). The Balaban J connectivity index is 1.96. The number of fused-ring (bicyclic) bond motifs is 1. The predicted molar refractivity (Wildman–Crippen MR) is 89.5 cm³/mol. The van der Waals surface area contributed by atoms with E-state index in [1.165, 1.54) is 0 Å². The van der Waals surface area contributed by atoms with Gasteiger partial charge in [-0.15, -0.1) is 0 Å². The summed E-state index contributed by atoms with van der Waals surface area (Å²) in [5.74, 6) is 0. The fourth-order valence-corrected chi connectivity index (χ4v) is 2.69. The lowest BCUT2D eigenvalue weighted by Crippen LogP contribution is -1.87. The molecule has 2 heterocycles. The van der Waals surface area contributed by atoms with Gasteiger partial charge in [-0.1, -0.05) is 42.5 Å². The molecule has 1 N–H and O–H groups in total. The molecule has 108 valence electrons. The van der Waals surface area contributed by atoms with Crippen LogP contribution in [-0.2, 0) is 0 Å². The zero-order valence-corrected chi connectivity index (χ0v) is 12.2. The fourth-order valence-electron chi connectivity index (χ4n) is 2.69. The Morgan fingerprint density at radius 3 is 2.30 bits per heavy atom. The van der Waals surface area contributed by atoms with E-state index in [0.717, 1.165) is 33.4 Å². The van der Waals surface area contributed by atoms with Crippen LogP contribution in [0.3, 0.4) is 0 Å². The lowest BCUT2D eigenvalue weighted by Gasteiger charge is -2.05. The van der Waals surface area contributed by atoms with Gasteiger partial charge in [0, 0.05) is 17.3 Å². The summed E-state index contributed by atoms with van der Waals surface area (Å²) in [5.41, 5.74) is 5.33. The van der Waals surface area contributed by atoms with E-state index in [0.29, 0.717) is 5.56 Å². The maximum absolute atomic E-state index is 8.95. The molecule has 0 spiro atoms. The molecule has 0 aliphatic carbocycles. The molecular formula is C19H12N4. The van der Waals surface area contributed by atoms with Gasteiger partial charge in [0.25, 0.3) is 0 Å². The number of aromatic nitrogens is 3. The summed E-state index contributed by atoms with van der Waals surface area (Å²) in [5, 5.41) is 17.5. The first-order chi connectivity index (χ1) is 11.4. The summed E-state index contributed by atoms with van der Waals surface area (Å²) in [4.78, 5) is 4.55. The van der Waals surface area contributed by atoms with Crippen LogP contribution < -0.4 is 0 Å². The third-order valence-electron chi connectivity index (χ3n) is 3.81. The van der Waals surface area contributed by atoms with Crippen LogP contribution in [0.4, 0.5) is 0 Å². The number of benzene rings is 2. The Morgan fingerprint density at radius 2 is 1.57 bits per heavy atom. The van der Waals surface area contributed by atoms with Crippen molar-refractivity contribution in [3.8, 4) is 28.6 Å². The summed E-state index contributed by atoms with van der Waals surface area (Å²) >= 11 is 0. The Morgan fingerprint density at radius 1 is 0.826 bits per heavy atom. The van der Waals surface area contributed by atoms with E-state index in [9.17, 15) is 0 Å². The number of hydrogen-bond acceptors (Lipinski definition) is 3. The molecule has 0 bridgehead atoms. The third-order valence-corrected chi connectivity index (χ3v) is 3.81. The smallest absolute Gasteiger partial charge is 0.102 e. The van der Waals surface area contributed by atoms with E-state index < -0.39 is 0 Å². The Labute approximate surface area is 133 Å². The van der Waals surface area contributed by atoms with Crippen molar-refractivity contribution in [2.24, 2.45) is 0 Å². The first-order valence-electron chi connectivity index (χ1n) is 7.26. The van der Waals surface area contributed by atoms with Gasteiger partial charge in [0.2, 0.25) is 0 Å². The van der Waals surface area contributed by atoms with E-state index >= 15 is 0 Å². The van der Waals surface area contributed by atoms with Gasteiger partial charge >= 0.3 is 0 Å². The fraction of sp³-hybridized carbons (Fsp3) is 0. The highest BCUT2D eigenvalue weighted by molar-refractivity contribution is 6.02. The van der Waals surface area contributed by atoms with Gasteiger partial charge in [0.1, 0.15) is 5.69 Å². The molecule has 23 heavy (non-hydrogen) atoms. The monoisotopic (exact) mass is 296 g/mol. The maximum Gasteiger partial charge on any atom is 0.102 e. The van der Waals surface area contributed by atoms with Crippen molar-refractivity contribution >= 4 is 10.9 Å². The normalized spacial score (nSPS) is 10.6. The molecule has 4 aromatic rings. The number of pyridine rings is 1. The van der Waals surface area contributed by atoms with Crippen LogP contribution in [0.15, 0.2) is 66.9 Å². The largest absolute Gasteiger partial charge is 0.277 e. The molecule has 2 aromatic carbocycles. The molecule has 0 amide bonds. The van der Waals surface area contributed by atoms with Crippen molar-refractivity contribution in [2.45, 2.75) is 0 Å². The lowest BCUT2D eigenvalue weighted by molar-refractivity contribution is 1.12. The molecule has 4 nitrogen and oxygen atoms in total. The summed E-state index contributed by atoms with van der Waals surface area (Å²) in [6, 6.07) is 21.5. The molecule has 0 fully saturated rings. The van der Waals surface area contributed by atoms with Gasteiger partial charge in [-0.05, 0) is 18.2 Å². The van der Waals surface area contributed by atoms with Crippen LogP contribution in [0.1, 0.15) is 5.56 Å². The number of nitriles is 1. The summed E-state index contributed by atoms with van der Waals surface area (Å²) in [6.45, 7) is 0. The van der Waals surface area contributed by atoms with Crippen molar-refractivity contribution in [2.75, 3.05) is 0 Å². The summed E-state index contributed by atoms with van der Waals surface area (Å²) < 4.78 is 0. The molecule has 0 aliphatic heterocycles. The second-order valence-electron chi connectivity index (χ2n) is 5.21. The molecule has 0 unspecified atom stereocenters. The summed E-state index contributed by atoms with van der Waals surface area (Å²) in [6.07, 6.45) is 1.77. The van der Waals surface area contributed by atoms with Crippen LogP contribution in [0.5, 0.6) is 0 Å². The number of rotatable bonds is 2. The quantitative estimate of drug-likeness (QED) is 0.604. The minimum atomic E-state index is 0.636. The van der Waals surface area contributed by atoms with E-state index in [1.54, 1.807) is 18.3 Å². The molecule has 0 saturated carbocycles. The summed E-state index contributed by atoms with van der Waals surface area (Å²) in [7, 11) is 0. The van der Waals surface area contributed by atoms with E-state index in [-0.39, 0.29) is 0 Å². The van der Waals surface area contributed by atoms with E-state index in [2.05, 4.69) is 21.3 Å². The minimum absolute atomic E-state index is 0.636. The van der Waals surface area contributed by atoms with Crippen molar-refractivity contribution in [3.63, 3.8) is 0 Å². The van der Waals surface area contributed by atoms with Crippen molar-refractivity contribution in [1.29, 1.82) is 5.26 Å². The number of nitrogens with one attached hydrogen (secondary N) is 1. The highest BCUT2D eigenvalue weighted by Gasteiger charge is 2.14. The Hall–Kier alpha value is -3.45. The second kappa shape index (κ2) is 5.39. The maximum atomic E-state index is 8.95. The van der Waals surface area contributed by atoms with Crippen LogP contribution in [0.2, 0.25) is 0 Å². The van der Waals surface area contributed by atoms with Crippen LogP contribution in [0, 0.1) is 11.3 Å². The van der Waals surface area contributed by atoms with Crippen LogP contribution in [0.25, 0.3) is 33.4 Å². The van der Waals surface area contributed by atoms with Gasteiger partial charge in [-0.2, -0.15) is 10.4 Å². The highest BCUT2D eigenvalue weighted by Crippen LogP contribution is 2.33. The van der Waals surface area contributed by atoms with Gasteiger partial charge < -0.3 is 0 Å². The number of aromatic amines is 1. The van der Waals surface area contributed by atoms with E-state index in [1.807, 2.05) is 48.5 Å². The standard InChI is InChI=1S/C19H12N4/c20-12-13-6-8-15(9-7-13)18-17-16(10-11-21-18)22-23-19(17)14-4-2-1-3-5-14/h1-11H,(H,22,23). The van der Waals surface area contributed by atoms with Gasteiger partial charge in [-0.25, -0.2) is 0 Å². The van der Waals surface area contributed by atoms with Crippen molar-refractivity contribution in [3.05, 3.63) is 72.4 Å². The second-order valence-corrected chi connectivity index (χ2v) is 5.21. The highest BCUT2D eigenvalue weighted by atomic mass is 15.1. The van der Waals surface area contributed by atoms with Crippen LogP contribution in [-0.4, -0.2) is 15.2 Å². The molecule has 0 radical (unpaired) electrons. The number of hydrogen-bond donors (Lipinski definition) is 1. The lowest BCUT2D eigenvalue weighted by atomic mass is 10.0. The van der Waals surface area contributed by atoms with Gasteiger partial charge in [0.15, 0.2) is 0 Å². The van der Waals surface area contributed by atoms with Crippen molar-refractivity contribution < 1.29 is 0 Å². The van der Waals surface area contributed by atoms with Crippen LogP contribution >= 0.6 is 0 Å². The average molecular weight is 296 g/mol. The Bertz CT molecular complexity index is 1010. The predicted octanol–water partition coefficient (Wildman–Crippen LogP) is 4.16. The molecule has 0 atom stereocenters. The first-order valence-corrected chi connectivity index (χ1v) is 7.26. The molecule has 2 aromatic heterocycles. The topological polar surface area (TPSA) is 65.4 Å². The third kappa shape index (κ3) is 2.25. The SMILES string of the molecule is N#Cc1ccc(-c2nccc3[nH]nc(-c4ccccc4)c23)cc1. The molecule has 0 aliphatic rings. The minimum Gasteiger partial charge on any atom is -0.277 e.